The van der Waals surface area contributed by atoms with Crippen LogP contribution in [0.25, 0.3) is 0 Å². The topological polar surface area (TPSA) is 75.4 Å². The number of thiophene rings is 1. The first kappa shape index (κ1) is 16.3. The van der Waals surface area contributed by atoms with Crippen LogP contribution in [-0.4, -0.2) is 23.4 Å². The molecule has 0 spiro atoms. The van der Waals surface area contributed by atoms with Crippen LogP contribution in [0.2, 0.25) is 4.34 Å². The standard InChI is InChI=1S/C15H16ClN3O2S/c1-2-19(9-12-6-7-13(16)22-12)14(20)10-4-3-5-11(8-10)18-15(17)21/h3-8H,2,9H2,1H3,(H3,17,18,21). The smallest absolute Gasteiger partial charge is 0.316 e. The van der Waals surface area contributed by atoms with Crippen LogP contribution in [0.4, 0.5) is 10.5 Å². The second-order valence-corrected chi connectivity index (χ2v) is 6.39. The minimum absolute atomic E-state index is 0.111. The lowest BCUT2D eigenvalue weighted by Crippen LogP contribution is -2.30. The molecular formula is C15H16ClN3O2S. The predicted octanol–water partition coefficient (Wildman–Crippen LogP) is 3.55. The van der Waals surface area contributed by atoms with Crippen molar-refractivity contribution in [1.82, 2.24) is 4.90 Å². The van der Waals surface area contributed by atoms with Gasteiger partial charge in [0.15, 0.2) is 0 Å². The zero-order chi connectivity index (χ0) is 16.1. The van der Waals surface area contributed by atoms with Gasteiger partial charge < -0.3 is 16.0 Å². The van der Waals surface area contributed by atoms with Gasteiger partial charge in [-0.2, -0.15) is 0 Å². The summed E-state index contributed by atoms with van der Waals surface area (Å²) in [4.78, 5) is 26.2. The first-order valence-electron chi connectivity index (χ1n) is 6.69. The van der Waals surface area contributed by atoms with Crippen molar-refractivity contribution >= 4 is 40.6 Å². The molecule has 2 aromatic rings. The summed E-state index contributed by atoms with van der Waals surface area (Å²) in [5.74, 6) is -0.111. The molecule has 1 heterocycles. The fourth-order valence-electron chi connectivity index (χ4n) is 2.01. The number of nitrogens with zero attached hydrogens (tertiary/aromatic N) is 1. The zero-order valence-electron chi connectivity index (χ0n) is 12.0. The molecule has 3 amide bonds. The lowest BCUT2D eigenvalue weighted by atomic mass is 10.1. The minimum atomic E-state index is -0.662. The largest absolute Gasteiger partial charge is 0.351 e. The quantitative estimate of drug-likeness (QED) is 0.875. The number of carbonyl (C=O) groups is 2. The van der Waals surface area contributed by atoms with E-state index in [-0.39, 0.29) is 5.91 Å². The molecule has 3 N–H and O–H groups in total. The maximum atomic E-state index is 12.6. The molecule has 2 rings (SSSR count). The summed E-state index contributed by atoms with van der Waals surface area (Å²) in [7, 11) is 0. The highest BCUT2D eigenvalue weighted by atomic mass is 35.5. The molecular weight excluding hydrogens is 322 g/mol. The monoisotopic (exact) mass is 337 g/mol. The Bertz CT molecular complexity index is 687. The van der Waals surface area contributed by atoms with Gasteiger partial charge in [0.2, 0.25) is 0 Å². The van der Waals surface area contributed by atoms with Crippen LogP contribution in [0.3, 0.4) is 0 Å². The van der Waals surface area contributed by atoms with Gasteiger partial charge in [-0.15, -0.1) is 11.3 Å². The first-order chi connectivity index (χ1) is 10.5. The van der Waals surface area contributed by atoms with Crippen molar-refractivity contribution < 1.29 is 9.59 Å². The van der Waals surface area contributed by atoms with E-state index < -0.39 is 6.03 Å². The van der Waals surface area contributed by atoms with E-state index in [1.165, 1.54) is 11.3 Å². The fourth-order valence-corrected chi connectivity index (χ4v) is 3.11. The molecule has 5 nitrogen and oxygen atoms in total. The van der Waals surface area contributed by atoms with Gasteiger partial charge in [-0.05, 0) is 37.3 Å². The van der Waals surface area contributed by atoms with Crippen molar-refractivity contribution in [2.75, 3.05) is 11.9 Å². The van der Waals surface area contributed by atoms with E-state index in [0.29, 0.717) is 28.7 Å². The second-order valence-electron chi connectivity index (χ2n) is 4.60. The summed E-state index contributed by atoms with van der Waals surface area (Å²) in [5.41, 5.74) is 6.07. The van der Waals surface area contributed by atoms with Crippen molar-refractivity contribution in [2.45, 2.75) is 13.5 Å². The number of hydrogen-bond donors (Lipinski definition) is 2. The highest BCUT2D eigenvalue weighted by Gasteiger charge is 2.16. The number of halogens is 1. The van der Waals surface area contributed by atoms with Crippen LogP contribution in [0, 0.1) is 0 Å². The third-order valence-corrected chi connectivity index (χ3v) is 4.24. The maximum absolute atomic E-state index is 12.6. The summed E-state index contributed by atoms with van der Waals surface area (Å²) in [5, 5.41) is 2.46. The number of carbonyl (C=O) groups excluding carboxylic acids is 2. The molecule has 22 heavy (non-hydrogen) atoms. The van der Waals surface area contributed by atoms with Crippen LogP contribution >= 0.6 is 22.9 Å². The SMILES string of the molecule is CCN(Cc1ccc(Cl)s1)C(=O)c1cccc(NC(N)=O)c1. The van der Waals surface area contributed by atoms with Crippen molar-refractivity contribution in [1.29, 1.82) is 0 Å². The van der Waals surface area contributed by atoms with E-state index in [0.717, 1.165) is 4.88 Å². The van der Waals surface area contributed by atoms with E-state index in [2.05, 4.69) is 5.32 Å². The average molecular weight is 338 g/mol. The number of benzene rings is 1. The first-order valence-corrected chi connectivity index (χ1v) is 7.89. The van der Waals surface area contributed by atoms with Crippen LogP contribution in [0.15, 0.2) is 36.4 Å². The highest BCUT2D eigenvalue weighted by Crippen LogP contribution is 2.23. The molecule has 0 atom stereocenters. The van der Waals surface area contributed by atoms with Crippen LogP contribution in [0.5, 0.6) is 0 Å². The Morgan fingerprint density at radius 3 is 2.68 bits per heavy atom. The lowest BCUT2D eigenvalue weighted by molar-refractivity contribution is 0.0754. The van der Waals surface area contributed by atoms with E-state index in [1.807, 2.05) is 19.1 Å². The number of primary amides is 1. The summed E-state index contributed by atoms with van der Waals surface area (Å²) >= 11 is 7.37. The minimum Gasteiger partial charge on any atom is -0.351 e. The molecule has 0 aliphatic heterocycles. The summed E-state index contributed by atoms with van der Waals surface area (Å²) in [6, 6.07) is 9.76. The molecule has 0 aliphatic carbocycles. The Labute approximate surface area is 137 Å². The van der Waals surface area contributed by atoms with Crippen LogP contribution < -0.4 is 11.1 Å². The number of nitrogens with two attached hydrogens (primary N) is 1. The molecule has 0 fully saturated rings. The van der Waals surface area contributed by atoms with Gasteiger partial charge in [0.25, 0.3) is 5.91 Å². The Hall–Kier alpha value is -2.05. The Morgan fingerprint density at radius 1 is 1.32 bits per heavy atom. The molecule has 0 saturated carbocycles. The van der Waals surface area contributed by atoms with E-state index in [9.17, 15) is 9.59 Å². The lowest BCUT2D eigenvalue weighted by Gasteiger charge is -2.20. The molecule has 0 saturated heterocycles. The molecule has 1 aromatic carbocycles. The highest BCUT2D eigenvalue weighted by molar-refractivity contribution is 7.16. The molecule has 116 valence electrons. The summed E-state index contributed by atoms with van der Waals surface area (Å²) in [6.07, 6.45) is 0. The van der Waals surface area contributed by atoms with E-state index in [1.54, 1.807) is 29.2 Å². The number of rotatable bonds is 5. The number of amides is 3. The summed E-state index contributed by atoms with van der Waals surface area (Å²) in [6.45, 7) is 2.99. The third kappa shape index (κ3) is 4.22. The van der Waals surface area contributed by atoms with Gasteiger partial charge in [0, 0.05) is 22.7 Å². The Kier molecular flexibility index (Phi) is 5.41. The molecule has 1 aromatic heterocycles. The summed E-state index contributed by atoms with van der Waals surface area (Å²) < 4.78 is 0.700. The van der Waals surface area contributed by atoms with Gasteiger partial charge in [-0.3, -0.25) is 4.79 Å². The van der Waals surface area contributed by atoms with Gasteiger partial charge in [-0.1, -0.05) is 17.7 Å². The van der Waals surface area contributed by atoms with Gasteiger partial charge in [-0.25, -0.2) is 4.79 Å². The van der Waals surface area contributed by atoms with Gasteiger partial charge in [0.05, 0.1) is 10.9 Å². The Morgan fingerprint density at radius 2 is 2.09 bits per heavy atom. The number of anilines is 1. The zero-order valence-corrected chi connectivity index (χ0v) is 13.6. The van der Waals surface area contributed by atoms with Crippen molar-refractivity contribution in [2.24, 2.45) is 5.73 Å². The van der Waals surface area contributed by atoms with Crippen LogP contribution in [-0.2, 0) is 6.54 Å². The molecule has 0 aliphatic rings. The normalized spacial score (nSPS) is 10.3. The van der Waals surface area contributed by atoms with Gasteiger partial charge >= 0.3 is 6.03 Å². The molecule has 7 heteroatoms. The fraction of sp³-hybridized carbons (Fsp3) is 0.200. The van der Waals surface area contributed by atoms with E-state index in [4.69, 9.17) is 17.3 Å². The number of nitrogens with one attached hydrogen (secondary N) is 1. The molecule has 0 radical (unpaired) electrons. The van der Waals surface area contributed by atoms with Crippen molar-refractivity contribution in [3.05, 3.63) is 51.2 Å². The average Bonchev–Trinajstić information content (AvgIpc) is 2.89. The third-order valence-electron chi connectivity index (χ3n) is 3.02. The van der Waals surface area contributed by atoms with E-state index >= 15 is 0 Å². The molecule has 0 bridgehead atoms. The molecule has 0 unspecified atom stereocenters. The maximum Gasteiger partial charge on any atom is 0.316 e. The number of hydrogen-bond acceptors (Lipinski definition) is 3. The van der Waals surface area contributed by atoms with Crippen LogP contribution in [0.1, 0.15) is 22.2 Å². The van der Waals surface area contributed by atoms with Gasteiger partial charge in [0.1, 0.15) is 0 Å². The Balaban J connectivity index is 2.15. The van der Waals surface area contributed by atoms with Crippen molar-refractivity contribution in [3.63, 3.8) is 0 Å². The van der Waals surface area contributed by atoms with Crippen molar-refractivity contribution in [3.8, 4) is 0 Å². The second kappa shape index (κ2) is 7.29. The number of urea groups is 1. The predicted molar refractivity (Wildman–Crippen MR) is 89.4 cm³/mol.